The highest BCUT2D eigenvalue weighted by molar-refractivity contribution is 5.76. The number of amides is 1. The van der Waals surface area contributed by atoms with E-state index >= 15 is 0 Å². The lowest BCUT2D eigenvalue weighted by atomic mass is 10.0. The van der Waals surface area contributed by atoms with Crippen LogP contribution in [0.2, 0.25) is 0 Å². The summed E-state index contributed by atoms with van der Waals surface area (Å²) in [5.41, 5.74) is 1.60. The average Bonchev–Trinajstić information content (AvgIpc) is 3.04. The molecule has 3 heterocycles. The number of H-pyrrole nitrogens is 1. The number of aromatic nitrogens is 2. The number of carbonyl (C=O) groups is 1. The number of imidazole rings is 1. The minimum atomic E-state index is -0.456. The highest BCUT2D eigenvalue weighted by atomic mass is 16.7. The molecule has 2 saturated heterocycles. The van der Waals surface area contributed by atoms with Gasteiger partial charge in [0, 0.05) is 50.3 Å². The third-order valence-corrected chi connectivity index (χ3v) is 4.73. The molecule has 1 amide bonds. The van der Waals surface area contributed by atoms with Crippen LogP contribution >= 0.6 is 0 Å². The van der Waals surface area contributed by atoms with Crippen LogP contribution in [-0.2, 0) is 20.8 Å². The van der Waals surface area contributed by atoms with Crippen LogP contribution in [0.3, 0.4) is 0 Å². The van der Waals surface area contributed by atoms with E-state index in [4.69, 9.17) is 9.47 Å². The van der Waals surface area contributed by atoms with Gasteiger partial charge < -0.3 is 19.4 Å². The summed E-state index contributed by atoms with van der Waals surface area (Å²) in [5, 5.41) is 0. The fourth-order valence-electron chi connectivity index (χ4n) is 3.19. The van der Waals surface area contributed by atoms with E-state index in [1.54, 1.807) is 4.57 Å². The minimum Gasteiger partial charge on any atom is -0.347 e. The van der Waals surface area contributed by atoms with E-state index in [9.17, 15) is 9.59 Å². The molecule has 1 aromatic heterocycles. The maximum atomic E-state index is 12.3. The van der Waals surface area contributed by atoms with Crippen molar-refractivity contribution in [3.8, 4) is 0 Å². The summed E-state index contributed by atoms with van der Waals surface area (Å²) >= 11 is 0. The minimum absolute atomic E-state index is 0.0815. The smallest absolute Gasteiger partial charge is 0.325 e. The summed E-state index contributed by atoms with van der Waals surface area (Å²) in [6.45, 7) is 6.75. The highest BCUT2D eigenvalue weighted by Crippen LogP contribution is 2.31. The first-order chi connectivity index (χ1) is 10.5. The molecule has 3 rings (SSSR count). The van der Waals surface area contributed by atoms with Crippen LogP contribution < -0.4 is 5.69 Å². The SMILES string of the molecule is Cc1[nH]c(=O)n(CCC(=O)N2CCC3(CC2)OCCO3)c1C. The van der Waals surface area contributed by atoms with Crippen molar-refractivity contribution in [2.75, 3.05) is 26.3 Å². The van der Waals surface area contributed by atoms with Crippen molar-refractivity contribution < 1.29 is 14.3 Å². The van der Waals surface area contributed by atoms with Gasteiger partial charge in [-0.1, -0.05) is 0 Å². The fraction of sp³-hybridized carbons (Fsp3) is 0.733. The van der Waals surface area contributed by atoms with Gasteiger partial charge in [-0.25, -0.2) is 4.79 Å². The van der Waals surface area contributed by atoms with E-state index in [1.807, 2.05) is 18.7 Å². The first-order valence-corrected chi connectivity index (χ1v) is 7.82. The largest absolute Gasteiger partial charge is 0.347 e. The van der Waals surface area contributed by atoms with E-state index in [2.05, 4.69) is 4.98 Å². The summed E-state index contributed by atoms with van der Waals surface area (Å²) in [4.78, 5) is 28.7. The van der Waals surface area contributed by atoms with E-state index in [-0.39, 0.29) is 11.6 Å². The normalized spacial score (nSPS) is 20.7. The van der Waals surface area contributed by atoms with Crippen molar-refractivity contribution in [2.24, 2.45) is 0 Å². The van der Waals surface area contributed by atoms with Crippen LogP contribution in [0.4, 0.5) is 0 Å². The first-order valence-electron chi connectivity index (χ1n) is 7.82. The third-order valence-electron chi connectivity index (χ3n) is 4.73. The highest BCUT2D eigenvalue weighted by Gasteiger charge is 2.40. The molecule has 0 bridgehead atoms. The van der Waals surface area contributed by atoms with Crippen LogP contribution in [0.25, 0.3) is 0 Å². The second-order valence-corrected chi connectivity index (χ2v) is 6.03. The lowest BCUT2D eigenvalue weighted by Crippen LogP contribution is -2.47. The summed E-state index contributed by atoms with van der Waals surface area (Å²) in [6.07, 6.45) is 1.79. The Morgan fingerprint density at radius 1 is 1.23 bits per heavy atom. The number of hydrogen-bond donors (Lipinski definition) is 1. The topological polar surface area (TPSA) is 76.6 Å². The predicted molar refractivity (Wildman–Crippen MR) is 79.6 cm³/mol. The number of piperidine rings is 1. The Labute approximate surface area is 129 Å². The van der Waals surface area contributed by atoms with Crippen molar-refractivity contribution in [3.63, 3.8) is 0 Å². The number of likely N-dealkylation sites (tertiary alicyclic amines) is 1. The third kappa shape index (κ3) is 2.83. The second kappa shape index (κ2) is 5.89. The van der Waals surface area contributed by atoms with Gasteiger partial charge in [0.1, 0.15) is 0 Å². The molecule has 22 heavy (non-hydrogen) atoms. The Morgan fingerprint density at radius 2 is 1.86 bits per heavy atom. The first kappa shape index (κ1) is 15.3. The molecule has 1 N–H and O–H groups in total. The fourth-order valence-corrected chi connectivity index (χ4v) is 3.19. The maximum absolute atomic E-state index is 12.3. The molecule has 0 radical (unpaired) electrons. The number of nitrogens with zero attached hydrogens (tertiary/aromatic N) is 2. The second-order valence-electron chi connectivity index (χ2n) is 6.03. The van der Waals surface area contributed by atoms with Crippen LogP contribution in [0.15, 0.2) is 4.79 Å². The quantitative estimate of drug-likeness (QED) is 0.884. The van der Waals surface area contributed by atoms with Gasteiger partial charge in [-0.3, -0.25) is 9.36 Å². The summed E-state index contributed by atoms with van der Waals surface area (Å²) in [5.74, 6) is -0.375. The molecule has 2 fully saturated rings. The molecule has 0 atom stereocenters. The van der Waals surface area contributed by atoms with E-state index in [1.165, 1.54) is 0 Å². The van der Waals surface area contributed by atoms with Crippen LogP contribution in [0, 0.1) is 13.8 Å². The molecule has 1 spiro atoms. The molecule has 0 aliphatic carbocycles. The zero-order valence-electron chi connectivity index (χ0n) is 13.2. The number of ether oxygens (including phenoxy) is 2. The number of carbonyl (C=O) groups excluding carboxylic acids is 1. The molecule has 0 unspecified atom stereocenters. The Kier molecular flexibility index (Phi) is 4.10. The van der Waals surface area contributed by atoms with Crippen molar-refractivity contribution in [3.05, 3.63) is 21.9 Å². The molecule has 0 aromatic carbocycles. The monoisotopic (exact) mass is 309 g/mol. The maximum Gasteiger partial charge on any atom is 0.325 e. The molecular weight excluding hydrogens is 286 g/mol. The van der Waals surface area contributed by atoms with Gasteiger partial charge in [0.2, 0.25) is 5.91 Å². The molecule has 1 aromatic rings. The van der Waals surface area contributed by atoms with E-state index < -0.39 is 5.79 Å². The van der Waals surface area contributed by atoms with Crippen molar-refractivity contribution in [2.45, 2.75) is 45.4 Å². The Morgan fingerprint density at radius 3 is 2.41 bits per heavy atom. The number of hydrogen-bond acceptors (Lipinski definition) is 4. The molecule has 2 aliphatic heterocycles. The lowest BCUT2D eigenvalue weighted by molar-refractivity contribution is -0.187. The Hall–Kier alpha value is -1.60. The number of aromatic amines is 1. The van der Waals surface area contributed by atoms with Crippen LogP contribution in [0.5, 0.6) is 0 Å². The Bertz CT molecular complexity index is 603. The van der Waals surface area contributed by atoms with Crippen LogP contribution in [0.1, 0.15) is 30.7 Å². The van der Waals surface area contributed by atoms with Crippen molar-refractivity contribution in [1.29, 1.82) is 0 Å². The number of rotatable bonds is 3. The zero-order valence-corrected chi connectivity index (χ0v) is 13.2. The zero-order chi connectivity index (χ0) is 15.7. The van der Waals surface area contributed by atoms with Gasteiger partial charge >= 0.3 is 5.69 Å². The van der Waals surface area contributed by atoms with Gasteiger partial charge in [0.25, 0.3) is 0 Å². The Balaban J connectivity index is 1.54. The summed E-state index contributed by atoms with van der Waals surface area (Å²) in [7, 11) is 0. The molecule has 122 valence electrons. The molecule has 7 nitrogen and oxygen atoms in total. The molecular formula is C15H23N3O4. The van der Waals surface area contributed by atoms with Gasteiger partial charge in [0.15, 0.2) is 5.79 Å². The van der Waals surface area contributed by atoms with Gasteiger partial charge in [0.05, 0.1) is 13.2 Å². The number of nitrogens with one attached hydrogen (secondary N) is 1. The van der Waals surface area contributed by atoms with Crippen molar-refractivity contribution >= 4 is 5.91 Å². The van der Waals surface area contributed by atoms with Gasteiger partial charge in [-0.15, -0.1) is 0 Å². The predicted octanol–water partition coefficient (Wildman–Crippen LogP) is 0.549. The van der Waals surface area contributed by atoms with Gasteiger partial charge in [-0.05, 0) is 13.8 Å². The molecule has 0 saturated carbocycles. The molecule has 7 heteroatoms. The van der Waals surface area contributed by atoms with Crippen molar-refractivity contribution in [1.82, 2.24) is 14.5 Å². The number of aryl methyl sites for hydroxylation is 1. The van der Waals surface area contributed by atoms with E-state index in [0.717, 1.165) is 24.2 Å². The standard InChI is InChI=1S/C15H23N3O4/c1-11-12(2)18(14(20)16-11)6-3-13(19)17-7-4-15(5-8-17)21-9-10-22-15/h3-10H2,1-2H3,(H,16,20). The lowest BCUT2D eigenvalue weighted by Gasteiger charge is -2.37. The van der Waals surface area contributed by atoms with E-state index in [0.29, 0.717) is 39.3 Å². The molecule has 2 aliphatic rings. The summed E-state index contributed by atoms with van der Waals surface area (Å²) in [6, 6.07) is 0. The van der Waals surface area contributed by atoms with Crippen LogP contribution in [-0.4, -0.2) is 52.4 Å². The van der Waals surface area contributed by atoms with Gasteiger partial charge in [-0.2, -0.15) is 0 Å². The summed E-state index contributed by atoms with van der Waals surface area (Å²) < 4.78 is 13.0. The average molecular weight is 309 g/mol.